The first-order valence-corrected chi connectivity index (χ1v) is 10.2. The zero-order chi connectivity index (χ0) is 21.2. The molecule has 158 valence electrons. The van der Waals surface area contributed by atoms with Gasteiger partial charge in [0.05, 0.1) is 11.6 Å². The minimum atomic E-state index is -0.285. The first-order valence-electron chi connectivity index (χ1n) is 10.2. The zero-order valence-corrected chi connectivity index (χ0v) is 16.8. The molecular weight excluding hydrogens is 399 g/mol. The zero-order valence-electron chi connectivity index (χ0n) is 16.8. The fourth-order valence-electron chi connectivity index (χ4n) is 3.89. The van der Waals surface area contributed by atoms with Crippen LogP contribution in [-0.4, -0.2) is 36.0 Å². The minimum Gasteiger partial charge on any atom is -0.454 e. The summed E-state index contributed by atoms with van der Waals surface area (Å²) < 4.78 is 23.8. The van der Waals surface area contributed by atoms with Crippen LogP contribution >= 0.6 is 0 Å². The number of carbonyl (C=O) groups is 1. The molecule has 0 saturated carbocycles. The van der Waals surface area contributed by atoms with Crippen molar-refractivity contribution in [2.24, 2.45) is 5.92 Å². The number of hydrogen-bond donors (Lipinski definition) is 1. The Morgan fingerprint density at radius 3 is 2.68 bits per heavy atom. The summed E-state index contributed by atoms with van der Waals surface area (Å²) in [5.74, 6) is 1.58. The van der Waals surface area contributed by atoms with E-state index in [4.69, 9.17) is 9.47 Å². The van der Waals surface area contributed by atoms with Crippen LogP contribution in [0.4, 0.5) is 15.9 Å². The van der Waals surface area contributed by atoms with Crippen LogP contribution in [0.25, 0.3) is 11.3 Å². The van der Waals surface area contributed by atoms with E-state index >= 15 is 0 Å². The predicted octanol–water partition coefficient (Wildman–Crippen LogP) is 3.87. The molecule has 1 amide bonds. The molecule has 1 N–H and O–H groups in total. The van der Waals surface area contributed by atoms with Gasteiger partial charge in [0.1, 0.15) is 5.82 Å². The number of ether oxygens (including phenoxy) is 2. The summed E-state index contributed by atoms with van der Waals surface area (Å²) in [6, 6.07) is 15.3. The van der Waals surface area contributed by atoms with Gasteiger partial charge in [-0.3, -0.25) is 4.79 Å². The van der Waals surface area contributed by atoms with Crippen LogP contribution in [0.3, 0.4) is 0 Å². The van der Waals surface area contributed by atoms with Crippen molar-refractivity contribution in [3.8, 4) is 22.8 Å². The molecule has 0 bridgehead atoms. The smallest absolute Gasteiger partial charge is 0.231 e. The lowest BCUT2D eigenvalue weighted by atomic mass is 9.97. The van der Waals surface area contributed by atoms with Crippen LogP contribution in [0.1, 0.15) is 12.8 Å². The number of aromatic nitrogens is 2. The van der Waals surface area contributed by atoms with Crippen molar-refractivity contribution in [3.63, 3.8) is 0 Å². The molecule has 8 heteroatoms. The molecule has 31 heavy (non-hydrogen) atoms. The molecular formula is C23H21FN4O3. The molecule has 2 aliphatic heterocycles. The summed E-state index contributed by atoms with van der Waals surface area (Å²) in [5.41, 5.74) is 2.17. The number of piperidine rings is 1. The van der Waals surface area contributed by atoms with Crippen LogP contribution in [-0.2, 0) is 4.79 Å². The Labute approximate surface area is 178 Å². The standard InChI is InChI=1S/C23H21FN4O3/c24-17-5-3-15(4-6-17)19-8-10-22(27-26-19)28-11-1-2-16(13-28)23(29)25-18-7-9-20-21(12-18)31-14-30-20/h3-10,12,16H,1-2,11,13-14H2,(H,25,29)/t16-/m0/s1. The number of rotatable bonds is 4. The maximum atomic E-state index is 13.1. The van der Waals surface area contributed by atoms with E-state index in [0.717, 1.165) is 30.8 Å². The van der Waals surface area contributed by atoms with Crippen molar-refractivity contribution < 1.29 is 18.7 Å². The summed E-state index contributed by atoms with van der Waals surface area (Å²) in [7, 11) is 0. The average molecular weight is 420 g/mol. The van der Waals surface area contributed by atoms with Crippen molar-refractivity contribution >= 4 is 17.4 Å². The van der Waals surface area contributed by atoms with Crippen molar-refractivity contribution in [3.05, 3.63) is 60.4 Å². The second-order valence-corrected chi connectivity index (χ2v) is 7.63. The SMILES string of the molecule is O=C(Nc1ccc2c(c1)OCO2)[C@H]1CCCN(c2ccc(-c3ccc(F)cc3)nn2)C1. The average Bonchev–Trinajstić information content (AvgIpc) is 3.28. The van der Waals surface area contributed by atoms with E-state index in [1.54, 1.807) is 24.3 Å². The number of nitrogens with zero attached hydrogens (tertiary/aromatic N) is 3. The van der Waals surface area contributed by atoms with Gasteiger partial charge in [0.15, 0.2) is 17.3 Å². The molecule has 1 atom stereocenters. The molecule has 0 radical (unpaired) electrons. The van der Waals surface area contributed by atoms with E-state index in [9.17, 15) is 9.18 Å². The topological polar surface area (TPSA) is 76.6 Å². The second-order valence-electron chi connectivity index (χ2n) is 7.63. The summed E-state index contributed by atoms with van der Waals surface area (Å²) >= 11 is 0. The molecule has 1 fully saturated rings. The highest BCUT2D eigenvalue weighted by Crippen LogP contribution is 2.34. The molecule has 7 nitrogen and oxygen atoms in total. The van der Waals surface area contributed by atoms with Crippen molar-refractivity contribution in [1.82, 2.24) is 10.2 Å². The highest BCUT2D eigenvalue weighted by atomic mass is 19.1. The van der Waals surface area contributed by atoms with E-state index in [2.05, 4.69) is 20.4 Å². The molecule has 0 unspecified atom stereocenters. The summed E-state index contributed by atoms with van der Waals surface area (Å²) in [4.78, 5) is 14.9. The summed E-state index contributed by atoms with van der Waals surface area (Å²) in [6.45, 7) is 1.59. The Bertz CT molecular complexity index is 1090. The van der Waals surface area contributed by atoms with Crippen LogP contribution in [0.5, 0.6) is 11.5 Å². The number of halogens is 1. The molecule has 0 aliphatic carbocycles. The third-order valence-electron chi connectivity index (χ3n) is 5.55. The molecule has 3 heterocycles. The van der Waals surface area contributed by atoms with Crippen molar-refractivity contribution in [2.45, 2.75) is 12.8 Å². The number of fused-ring (bicyclic) bond motifs is 1. The highest BCUT2D eigenvalue weighted by molar-refractivity contribution is 5.93. The molecule has 2 aromatic carbocycles. The number of nitrogens with one attached hydrogen (secondary N) is 1. The van der Waals surface area contributed by atoms with Gasteiger partial charge in [0.25, 0.3) is 0 Å². The van der Waals surface area contributed by atoms with E-state index in [1.165, 1.54) is 12.1 Å². The van der Waals surface area contributed by atoms with E-state index in [1.807, 2.05) is 18.2 Å². The second kappa shape index (κ2) is 8.22. The third-order valence-corrected chi connectivity index (χ3v) is 5.55. The lowest BCUT2D eigenvalue weighted by Crippen LogP contribution is -2.41. The van der Waals surface area contributed by atoms with Crippen LogP contribution in [0, 0.1) is 11.7 Å². The maximum absolute atomic E-state index is 13.1. The molecule has 2 aliphatic rings. The lowest BCUT2D eigenvalue weighted by Gasteiger charge is -2.32. The Balaban J connectivity index is 1.24. The maximum Gasteiger partial charge on any atom is 0.231 e. The van der Waals surface area contributed by atoms with Crippen LogP contribution in [0.15, 0.2) is 54.6 Å². The summed E-state index contributed by atoms with van der Waals surface area (Å²) in [6.07, 6.45) is 1.70. The van der Waals surface area contributed by atoms with Gasteiger partial charge in [-0.1, -0.05) is 0 Å². The van der Waals surface area contributed by atoms with Gasteiger partial charge in [-0.25, -0.2) is 4.39 Å². The van der Waals surface area contributed by atoms with E-state index in [-0.39, 0.29) is 24.4 Å². The first kappa shape index (κ1) is 19.3. The summed E-state index contributed by atoms with van der Waals surface area (Å²) in [5, 5.41) is 11.6. The Morgan fingerprint density at radius 2 is 1.87 bits per heavy atom. The fraction of sp³-hybridized carbons (Fsp3) is 0.261. The van der Waals surface area contributed by atoms with Crippen LogP contribution in [0.2, 0.25) is 0 Å². The highest BCUT2D eigenvalue weighted by Gasteiger charge is 2.27. The van der Waals surface area contributed by atoms with Crippen molar-refractivity contribution in [2.75, 3.05) is 30.1 Å². The molecule has 1 saturated heterocycles. The monoisotopic (exact) mass is 420 g/mol. The normalized spacial score (nSPS) is 17.5. The minimum absolute atomic E-state index is 0.0283. The Morgan fingerprint density at radius 1 is 1.03 bits per heavy atom. The third kappa shape index (κ3) is 4.14. The predicted molar refractivity (Wildman–Crippen MR) is 114 cm³/mol. The van der Waals surface area contributed by atoms with Gasteiger partial charge in [-0.15, -0.1) is 10.2 Å². The van der Waals surface area contributed by atoms with Gasteiger partial charge in [-0.05, 0) is 61.4 Å². The molecule has 0 spiro atoms. The quantitative estimate of drug-likeness (QED) is 0.691. The molecule has 5 rings (SSSR count). The van der Waals surface area contributed by atoms with E-state index in [0.29, 0.717) is 29.4 Å². The van der Waals surface area contributed by atoms with Gasteiger partial charge in [-0.2, -0.15) is 0 Å². The number of hydrogen-bond acceptors (Lipinski definition) is 6. The lowest BCUT2D eigenvalue weighted by molar-refractivity contribution is -0.120. The van der Waals surface area contributed by atoms with Crippen molar-refractivity contribution in [1.29, 1.82) is 0 Å². The molecule has 3 aromatic rings. The van der Waals surface area contributed by atoms with Gasteiger partial charge in [0, 0.05) is 30.4 Å². The van der Waals surface area contributed by atoms with Gasteiger partial charge >= 0.3 is 0 Å². The molecule has 1 aromatic heterocycles. The number of anilines is 2. The Kier molecular flexibility index (Phi) is 5.11. The van der Waals surface area contributed by atoms with Gasteiger partial charge in [0.2, 0.25) is 12.7 Å². The number of benzene rings is 2. The largest absolute Gasteiger partial charge is 0.454 e. The first-order chi connectivity index (χ1) is 15.2. The van der Waals surface area contributed by atoms with E-state index < -0.39 is 0 Å². The van der Waals surface area contributed by atoms with Crippen LogP contribution < -0.4 is 19.7 Å². The number of carbonyl (C=O) groups excluding carboxylic acids is 1. The fourth-order valence-corrected chi connectivity index (χ4v) is 3.89. The number of amides is 1. The Hall–Kier alpha value is -3.68. The van der Waals surface area contributed by atoms with Gasteiger partial charge < -0.3 is 19.7 Å².